The van der Waals surface area contributed by atoms with Crippen LogP contribution in [0.1, 0.15) is 44.3 Å². The van der Waals surface area contributed by atoms with E-state index in [1.165, 1.54) is 25.7 Å². The number of aliphatic imine (C=N–C) groups is 1. The van der Waals surface area contributed by atoms with Gasteiger partial charge in [0, 0.05) is 38.8 Å². The lowest BCUT2D eigenvalue weighted by atomic mass is 9.95. The third-order valence-corrected chi connectivity index (χ3v) is 6.12. The summed E-state index contributed by atoms with van der Waals surface area (Å²) in [5, 5.41) is 7.20. The predicted octanol–water partition coefficient (Wildman–Crippen LogP) is 3.36. The summed E-state index contributed by atoms with van der Waals surface area (Å²) in [7, 11) is 0. The number of guanidine groups is 1. The van der Waals surface area contributed by atoms with Crippen molar-refractivity contribution >= 4 is 29.9 Å². The molecule has 6 nitrogen and oxygen atoms in total. The summed E-state index contributed by atoms with van der Waals surface area (Å²) in [5.74, 6) is 3.72. The average molecular weight is 503 g/mol. The van der Waals surface area contributed by atoms with Crippen LogP contribution in [0.2, 0.25) is 0 Å². The Morgan fingerprint density at radius 2 is 2.21 bits per heavy atom. The molecule has 4 rings (SSSR count). The maximum absolute atomic E-state index is 5.84. The van der Waals surface area contributed by atoms with Crippen molar-refractivity contribution in [1.82, 2.24) is 10.6 Å². The van der Waals surface area contributed by atoms with Gasteiger partial charge in [0.2, 0.25) is 0 Å². The standard InChI is InChI=1S/C21H33N3O3.HI/c1-3-18(26-10-1)6-9-23-21(24-20-14-16-4-5-17(20)13-16)22-8-2-11-27-19-7-12-25-15-19;/h1,3,10,16-17,19-20H,2,4-9,11-15H2,(H2,22,23,24);1H. The Balaban J connectivity index is 0.00000225. The third-order valence-electron chi connectivity index (χ3n) is 6.12. The van der Waals surface area contributed by atoms with Crippen molar-refractivity contribution in [3.8, 4) is 0 Å². The molecule has 2 N–H and O–H groups in total. The lowest BCUT2D eigenvalue weighted by Crippen LogP contribution is -2.46. The van der Waals surface area contributed by atoms with Crippen LogP contribution in [-0.2, 0) is 15.9 Å². The van der Waals surface area contributed by atoms with Crippen LogP contribution in [0.4, 0.5) is 0 Å². The Labute approximate surface area is 185 Å². The van der Waals surface area contributed by atoms with Gasteiger partial charge in [-0.1, -0.05) is 6.42 Å². The van der Waals surface area contributed by atoms with Crippen molar-refractivity contribution in [2.45, 2.75) is 57.1 Å². The van der Waals surface area contributed by atoms with Gasteiger partial charge < -0.3 is 24.5 Å². The molecule has 3 fully saturated rings. The lowest BCUT2D eigenvalue weighted by molar-refractivity contribution is 0.0424. The number of hydrogen-bond acceptors (Lipinski definition) is 4. The van der Waals surface area contributed by atoms with E-state index in [2.05, 4.69) is 10.6 Å². The summed E-state index contributed by atoms with van der Waals surface area (Å²) in [4.78, 5) is 4.81. The fourth-order valence-corrected chi connectivity index (χ4v) is 4.66. The summed E-state index contributed by atoms with van der Waals surface area (Å²) < 4.78 is 16.6. The molecule has 2 aliphatic carbocycles. The van der Waals surface area contributed by atoms with Crippen molar-refractivity contribution < 1.29 is 13.9 Å². The summed E-state index contributed by atoms with van der Waals surface area (Å²) in [6.45, 7) is 3.94. The molecule has 0 radical (unpaired) electrons. The van der Waals surface area contributed by atoms with Crippen LogP contribution in [0.15, 0.2) is 27.8 Å². The van der Waals surface area contributed by atoms with Gasteiger partial charge in [0.25, 0.3) is 0 Å². The van der Waals surface area contributed by atoms with E-state index < -0.39 is 0 Å². The molecule has 2 saturated carbocycles. The van der Waals surface area contributed by atoms with Crippen LogP contribution in [0.3, 0.4) is 0 Å². The topological polar surface area (TPSA) is 68.0 Å². The number of ether oxygens (including phenoxy) is 2. The predicted molar refractivity (Wildman–Crippen MR) is 120 cm³/mol. The van der Waals surface area contributed by atoms with E-state index in [0.717, 1.165) is 75.7 Å². The van der Waals surface area contributed by atoms with Gasteiger partial charge in [0.1, 0.15) is 5.76 Å². The molecule has 28 heavy (non-hydrogen) atoms. The van der Waals surface area contributed by atoms with Gasteiger partial charge in [0.05, 0.1) is 19.0 Å². The van der Waals surface area contributed by atoms with Gasteiger partial charge in [-0.2, -0.15) is 0 Å². The van der Waals surface area contributed by atoms with Crippen molar-refractivity contribution in [1.29, 1.82) is 0 Å². The molecule has 4 unspecified atom stereocenters. The highest BCUT2D eigenvalue weighted by Gasteiger charge is 2.39. The number of nitrogens with zero attached hydrogens (tertiary/aromatic N) is 1. The number of nitrogens with one attached hydrogen (secondary N) is 2. The highest BCUT2D eigenvalue weighted by molar-refractivity contribution is 14.0. The molecule has 1 saturated heterocycles. The van der Waals surface area contributed by atoms with Crippen LogP contribution >= 0.6 is 24.0 Å². The minimum atomic E-state index is 0. The first-order valence-corrected chi connectivity index (χ1v) is 10.6. The van der Waals surface area contributed by atoms with E-state index in [9.17, 15) is 0 Å². The molecular weight excluding hydrogens is 469 g/mol. The minimum absolute atomic E-state index is 0. The Morgan fingerprint density at radius 1 is 1.25 bits per heavy atom. The second kappa shape index (κ2) is 11.4. The molecule has 158 valence electrons. The van der Waals surface area contributed by atoms with Gasteiger partial charge in [0.15, 0.2) is 5.96 Å². The zero-order chi connectivity index (χ0) is 18.3. The molecule has 3 aliphatic rings. The van der Waals surface area contributed by atoms with Crippen molar-refractivity contribution in [3.05, 3.63) is 24.2 Å². The first-order chi connectivity index (χ1) is 13.4. The third kappa shape index (κ3) is 6.35. The highest BCUT2D eigenvalue weighted by Crippen LogP contribution is 2.44. The summed E-state index contributed by atoms with van der Waals surface area (Å²) in [6, 6.07) is 4.55. The fraction of sp³-hybridized carbons (Fsp3) is 0.762. The lowest BCUT2D eigenvalue weighted by Gasteiger charge is -2.25. The second-order valence-electron chi connectivity index (χ2n) is 8.12. The van der Waals surface area contributed by atoms with Crippen LogP contribution in [0.5, 0.6) is 0 Å². The highest BCUT2D eigenvalue weighted by atomic mass is 127. The molecule has 2 bridgehead atoms. The first kappa shape index (κ1) is 21.9. The number of hydrogen-bond donors (Lipinski definition) is 2. The van der Waals surface area contributed by atoms with Crippen molar-refractivity contribution in [2.75, 3.05) is 32.9 Å². The Bertz CT molecular complexity index is 590. The van der Waals surface area contributed by atoms with E-state index in [1.54, 1.807) is 6.26 Å². The van der Waals surface area contributed by atoms with E-state index >= 15 is 0 Å². The van der Waals surface area contributed by atoms with Crippen molar-refractivity contribution in [3.63, 3.8) is 0 Å². The zero-order valence-electron chi connectivity index (χ0n) is 16.6. The number of rotatable bonds is 9. The maximum atomic E-state index is 5.84. The monoisotopic (exact) mass is 503 g/mol. The molecule has 0 amide bonds. The smallest absolute Gasteiger partial charge is 0.191 e. The van der Waals surface area contributed by atoms with Gasteiger partial charge in [-0.15, -0.1) is 24.0 Å². The quantitative estimate of drug-likeness (QED) is 0.234. The summed E-state index contributed by atoms with van der Waals surface area (Å²) in [6.07, 6.45) is 10.3. The molecule has 1 aliphatic heterocycles. The van der Waals surface area contributed by atoms with Crippen molar-refractivity contribution in [2.24, 2.45) is 16.8 Å². The Hall–Kier alpha value is -0.800. The van der Waals surface area contributed by atoms with Gasteiger partial charge in [-0.25, -0.2) is 0 Å². The van der Waals surface area contributed by atoms with Crippen LogP contribution in [-0.4, -0.2) is 51.0 Å². The molecular formula is C21H34IN3O3. The minimum Gasteiger partial charge on any atom is -0.469 e. The summed E-state index contributed by atoms with van der Waals surface area (Å²) >= 11 is 0. The van der Waals surface area contributed by atoms with Gasteiger partial charge in [-0.05, 0) is 56.1 Å². The van der Waals surface area contributed by atoms with E-state index in [1.807, 2.05) is 12.1 Å². The SMILES string of the molecule is I.c1coc(CCNC(=NCCCOC2CCOC2)NC2CC3CCC2C3)c1. The normalized spacial score (nSPS) is 29.1. The van der Waals surface area contributed by atoms with E-state index in [0.29, 0.717) is 6.04 Å². The first-order valence-electron chi connectivity index (χ1n) is 10.6. The number of fused-ring (bicyclic) bond motifs is 2. The second-order valence-corrected chi connectivity index (χ2v) is 8.12. The van der Waals surface area contributed by atoms with Gasteiger partial charge >= 0.3 is 0 Å². The molecule has 0 spiro atoms. The Kier molecular flexibility index (Phi) is 8.92. The van der Waals surface area contributed by atoms with Crippen LogP contribution < -0.4 is 10.6 Å². The average Bonchev–Trinajstić information content (AvgIpc) is 3.46. The molecule has 2 heterocycles. The molecule has 4 atom stereocenters. The van der Waals surface area contributed by atoms with E-state index in [4.69, 9.17) is 18.9 Å². The molecule has 0 aromatic carbocycles. The number of furan rings is 1. The molecule has 1 aromatic rings. The van der Waals surface area contributed by atoms with E-state index in [-0.39, 0.29) is 30.1 Å². The molecule has 1 aromatic heterocycles. The fourth-order valence-electron chi connectivity index (χ4n) is 4.66. The molecule has 7 heteroatoms. The van der Waals surface area contributed by atoms with Crippen LogP contribution in [0, 0.1) is 11.8 Å². The van der Waals surface area contributed by atoms with Crippen LogP contribution in [0.25, 0.3) is 0 Å². The maximum Gasteiger partial charge on any atom is 0.191 e. The largest absolute Gasteiger partial charge is 0.469 e. The zero-order valence-corrected chi connectivity index (χ0v) is 18.9. The van der Waals surface area contributed by atoms with Gasteiger partial charge in [-0.3, -0.25) is 4.99 Å². The summed E-state index contributed by atoms with van der Waals surface area (Å²) in [5.41, 5.74) is 0. The number of halogens is 1. The Morgan fingerprint density at radius 3 is 2.93 bits per heavy atom.